The first-order valence-electron chi connectivity index (χ1n) is 8.71. The largest absolute Gasteiger partial charge is 0.335 e. The van der Waals surface area contributed by atoms with E-state index in [9.17, 15) is 18.0 Å². The number of carbonyl (C=O) groups excluding carboxylic acids is 1. The second-order valence-electron chi connectivity index (χ2n) is 6.54. The summed E-state index contributed by atoms with van der Waals surface area (Å²) in [6.45, 7) is 1.38. The molecule has 6 heteroatoms. The van der Waals surface area contributed by atoms with Gasteiger partial charge in [0.15, 0.2) is 0 Å². The van der Waals surface area contributed by atoms with E-state index < -0.39 is 11.6 Å². The number of halogens is 3. The molecule has 2 aromatic carbocycles. The highest BCUT2D eigenvalue weighted by Crippen LogP contribution is 2.24. The summed E-state index contributed by atoms with van der Waals surface area (Å²) in [6, 6.07) is 9.59. The Morgan fingerprint density at radius 1 is 1.04 bits per heavy atom. The Morgan fingerprint density at radius 2 is 1.77 bits per heavy atom. The van der Waals surface area contributed by atoms with Gasteiger partial charge in [-0.15, -0.1) is 0 Å². The first-order chi connectivity index (χ1) is 12.5. The molecule has 0 bridgehead atoms. The van der Waals surface area contributed by atoms with Crippen molar-refractivity contribution in [2.75, 3.05) is 6.54 Å². The lowest BCUT2D eigenvalue weighted by Crippen LogP contribution is -2.35. The van der Waals surface area contributed by atoms with Crippen LogP contribution in [0.2, 0.25) is 0 Å². The number of nitrogens with one attached hydrogen (secondary N) is 1. The molecule has 0 saturated carbocycles. The molecule has 0 aliphatic carbocycles. The van der Waals surface area contributed by atoms with Crippen LogP contribution in [0.1, 0.15) is 30.4 Å². The first-order valence-corrected chi connectivity index (χ1v) is 8.71. The van der Waals surface area contributed by atoms with Crippen LogP contribution < -0.4 is 5.32 Å². The van der Waals surface area contributed by atoms with Crippen LogP contribution in [-0.4, -0.2) is 23.4 Å². The van der Waals surface area contributed by atoms with Gasteiger partial charge >= 0.3 is 0 Å². The van der Waals surface area contributed by atoms with Crippen molar-refractivity contribution in [3.63, 3.8) is 0 Å². The van der Waals surface area contributed by atoms with Gasteiger partial charge in [-0.3, -0.25) is 4.79 Å². The molecule has 1 aliphatic rings. The number of hydrogen-bond donors (Lipinski definition) is 1. The maximum absolute atomic E-state index is 13.9. The summed E-state index contributed by atoms with van der Waals surface area (Å²) < 4.78 is 40.1. The van der Waals surface area contributed by atoms with Crippen LogP contribution in [0, 0.1) is 17.5 Å². The van der Waals surface area contributed by atoms with Crippen LogP contribution in [0.25, 0.3) is 0 Å². The molecule has 3 rings (SSSR count). The van der Waals surface area contributed by atoms with E-state index in [-0.39, 0.29) is 29.9 Å². The van der Waals surface area contributed by atoms with Crippen LogP contribution in [0.4, 0.5) is 13.2 Å². The lowest BCUT2D eigenvalue weighted by molar-refractivity contribution is -0.129. The van der Waals surface area contributed by atoms with Gasteiger partial charge in [-0.2, -0.15) is 0 Å². The van der Waals surface area contributed by atoms with Crippen LogP contribution in [0.3, 0.4) is 0 Å². The molecule has 1 atom stereocenters. The summed E-state index contributed by atoms with van der Waals surface area (Å²) in [5, 5.41) is 3.27. The van der Waals surface area contributed by atoms with E-state index in [1.54, 1.807) is 17.0 Å². The first kappa shape index (κ1) is 18.5. The van der Waals surface area contributed by atoms with Gasteiger partial charge < -0.3 is 10.2 Å². The van der Waals surface area contributed by atoms with Crippen molar-refractivity contribution in [1.82, 2.24) is 10.2 Å². The fourth-order valence-corrected chi connectivity index (χ4v) is 3.26. The van der Waals surface area contributed by atoms with Gasteiger partial charge in [0.2, 0.25) is 5.91 Å². The van der Waals surface area contributed by atoms with Gasteiger partial charge in [0.1, 0.15) is 17.5 Å². The average molecular weight is 362 g/mol. The Kier molecular flexibility index (Phi) is 5.93. The highest BCUT2D eigenvalue weighted by molar-refractivity contribution is 5.78. The van der Waals surface area contributed by atoms with Crippen molar-refractivity contribution in [2.45, 2.75) is 38.4 Å². The van der Waals surface area contributed by atoms with E-state index in [1.165, 1.54) is 12.1 Å². The summed E-state index contributed by atoms with van der Waals surface area (Å²) >= 11 is 0. The van der Waals surface area contributed by atoms with E-state index in [2.05, 4.69) is 5.32 Å². The lowest BCUT2D eigenvalue weighted by Gasteiger charge is -2.25. The molecule has 1 saturated heterocycles. The summed E-state index contributed by atoms with van der Waals surface area (Å²) in [6.07, 6.45) is 1.87. The molecule has 1 N–H and O–H groups in total. The maximum Gasteiger partial charge on any atom is 0.223 e. The molecule has 0 radical (unpaired) electrons. The number of amides is 1. The van der Waals surface area contributed by atoms with Crippen molar-refractivity contribution >= 4 is 5.91 Å². The highest BCUT2D eigenvalue weighted by atomic mass is 19.1. The Bertz CT molecular complexity index is 764. The smallest absolute Gasteiger partial charge is 0.223 e. The summed E-state index contributed by atoms with van der Waals surface area (Å²) in [7, 11) is 0. The number of nitrogens with zero attached hydrogens (tertiary/aromatic N) is 1. The minimum atomic E-state index is -0.509. The van der Waals surface area contributed by atoms with Crippen molar-refractivity contribution in [3.8, 4) is 0 Å². The van der Waals surface area contributed by atoms with E-state index >= 15 is 0 Å². The second kappa shape index (κ2) is 8.36. The average Bonchev–Trinajstić information content (AvgIpc) is 2.97. The molecule has 1 aliphatic heterocycles. The monoisotopic (exact) mass is 362 g/mol. The topological polar surface area (TPSA) is 32.3 Å². The van der Waals surface area contributed by atoms with Crippen molar-refractivity contribution in [2.24, 2.45) is 0 Å². The Balaban J connectivity index is 1.52. The Morgan fingerprint density at radius 3 is 2.54 bits per heavy atom. The molecule has 138 valence electrons. The third-order valence-corrected chi connectivity index (χ3v) is 4.70. The normalized spacial score (nSPS) is 17.1. The van der Waals surface area contributed by atoms with Gasteiger partial charge in [0, 0.05) is 31.1 Å². The molecule has 26 heavy (non-hydrogen) atoms. The second-order valence-corrected chi connectivity index (χ2v) is 6.54. The molecule has 3 nitrogen and oxygen atoms in total. The predicted octanol–water partition coefficient (Wildman–Crippen LogP) is 3.77. The summed E-state index contributed by atoms with van der Waals surface area (Å²) in [4.78, 5) is 13.8. The fraction of sp³-hybridized carbons (Fsp3) is 0.350. The fourth-order valence-electron chi connectivity index (χ4n) is 3.26. The Hall–Kier alpha value is -2.34. The van der Waals surface area contributed by atoms with Crippen molar-refractivity contribution in [1.29, 1.82) is 0 Å². The molecule has 0 spiro atoms. The van der Waals surface area contributed by atoms with E-state index in [1.807, 2.05) is 0 Å². The van der Waals surface area contributed by atoms with Crippen molar-refractivity contribution in [3.05, 3.63) is 71.0 Å². The molecule has 1 heterocycles. The van der Waals surface area contributed by atoms with Crippen LogP contribution in [0.5, 0.6) is 0 Å². The number of carbonyl (C=O) groups is 1. The lowest BCUT2D eigenvalue weighted by atomic mass is 10.1. The van der Waals surface area contributed by atoms with Crippen molar-refractivity contribution < 1.29 is 18.0 Å². The van der Waals surface area contributed by atoms with Gasteiger partial charge in [0.05, 0.1) is 0 Å². The number of benzene rings is 2. The van der Waals surface area contributed by atoms with Crippen LogP contribution in [0.15, 0.2) is 42.5 Å². The van der Waals surface area contributed by atoms with Gasteiger partial charge in [-0.1, -0.05) is 12.1 Å². The van der Waals surface area contributed by atoms with Gasteiger partial charge in [-0.05, 0) is 55.3 Å². The van der Waals surface area contributed by atoms with E-state index in [0.29, 0.717) is 25.9 Å². The maximum atomic E-state index is 13.9. The Labute approximate surface area is 150 Å². The molecule has 1 amide bonds. The minimum absolute atomic E-state index is 0.00545. The molecular formula is C20H21F3N2O. The zero-order chi connectivity index (χ0) is 18.5. The van der Waals surface area contributed by atoms with Gasteiger partial charge in [0.25, 0.3) is 0 Å². The molecule has 2 aromatic rings. The quantitative estimate of drug-likeness (QED) is 0.761. The third kappa shape index (κ3) is 4.64. The number of hydrogen-bond acceptors (Lipinski definition) is 2. The van der Waals surface area contributed by atoms with E-state index in [0.717, 1.165) is 30.2 Å². The summed E-state index contributed by atoms with van der Waals surface area (Å²) in [5.74, 6) is -1.31. The van der Waals surface area contributed by atoms with Gasteiger partial charge in [-0.25, -0.2) is 13.2 Å². The summed E-state index contributed by atoms with van der Waals surface area (Å²) in [5.41, 5.74) is 1.18. The standard InChI is InChI=1S/C20H21F3N2O/c21-16-3-1-14(2-4-16)12-24-10-9-18-6-8-20(26)25(18)13-15-11-17(22)5-7-19(15)23/h1-5,7,11,18,24H,6,8-10,12-13H2/t18-/m0/s1. The van der Waals surface area contributed by atoms with Crippen LogP contribution >= 0.6 is 0 Å². The zero-order valence-corrected chi connectivity index (χ0v) is 14.4. The molecule has 0 unspecified atom stereocenters. The minimum Gasteiger partial charge on any atom is -0.335 e. The number of likely N-dealkylation sites (tertiary alicyclic amines) is 1. The SMILES string of the molecule is O=C1CC[C@@H](CCNCc2ccc(F)cc2)N1Cc1cc(F)ccc1F. The molecule has 0 aromatic heterocycles. The molecule has 1 fully saturated rings. The van der Waals surface area contributed by atoms with E-state index in [4.69, 9.17) is 0 Å². The third-order valence-electron chi connectivity index (χ3n) is 4.70. The molecular weight excluding hydrogens is 341 g/mol. The zero-order valence-electron chi connectivity index (χ0n) is 14.4. The highest BCUT2D eigenvalue weighted by Gasteiger charge is 2.31. The number of rotatable bonds is 7. The predicted molar refractivity (Wildman–Crippen MR) is 92.7 cm³/mol. The van der Waals surface area contributed by atoms with Crippen LogP contribution in [-0.2, 0) is 17.9 Å².